The molecule has 8 aliphatic carbocycles. The van der Waals surface area contributed by atoms with Crippen LogP contribution in [0.3, 0.4) is 0 Å². The molecule has 16 rings (SSSR count). The number of sulfonamides is 1. The van der Waals surface area contributed by atoms with Crippen LogP contribution in [-0.4, -0.2) is 150 Å². The summed E-state index contributed by atoms with van der Waals surface area (Å²) in [5, 5.41) is 10.7. The Bertz CT molecular complexity index is 3340. The molecule has 0 aromatic carbocycles. The predicted molar refractivity (Wildman–Crippen MR) is 404 cm³/mol. The lowest BCUT2D eigenvalue weighted by Crippen LogP contribution is -2.59. The standard InChI is InChI=1S/C22H34O6.C18H27NO7S.C17H26O5.C16H24O5.8CH4/c1-8-19(5,6)15(23)28-22-10-14-9-21(13-22,17(25)27-18(2,3)4)11-20(7,12-22)16(24)26-14;1-5-16(2,3)15(22)26-18-7-11-6-17(10-18,14(21)19-27(4,23)24)8-12(9-18)25-13(11)20;1-5-15(2,3)14(19)22-17-7-11-6-16(10-17,20-4)8-12(9-17)21-13(11)18;1-4-14(2,3)13(18)21-16-6-10-5-15(19,9-16)7-11(8-16)20-12(10)17;;;;;;;;/h14H,8-13H2,1-7H3;11-12H,5-10H2,1-4H3,(H,19,21);11-12H,5-10H2,1-4H3;10-11,19H,4-9H2,1-3H3;8*1H4. The van der Waals surface area contributed by atoms with Crippen molar-refractivity contribution < 1.29 is 109 Å². The van der Waals surface area contributed by atoms with Crippen molar-refractivity contribution in [1.82, 2.24) is 4.72 Å². The summed E-state index contributed by atoms with van der Waals surface area (Å²) in [5.41, 5.74) is -10.4. The summed E-state index contributed by atoms with van der Waals surface area (Å²) in [6.45, 7) is 29.9. The number of rotatable bonds is 16. The Morgan fingerprint density at radius 1 is 0.434 bits per heavy atom. The molecule has 16 aliphatic rings. The third-order valence-electron chi connectivity index (χ3n) is 24.3. The van der Waals surface area contributed by atoms with Gasteiger partial charge >= 0.3 is 53.7 Å². The van der Waals surface area contributed by atoms with Gasteiger partial charge in [-0.05, 0) is 141 Å². The van der Waals surface area contributed by atoms with Crippen molar-refractivity contribution in [2.45, 2.75) is 388 Å². The second kappa shape index (κ2) is 33.3. The Balaban J connectivity index is 0.000000693. The highest BCUT2D eigenvalue weighted by Crippen LogP contribution is 2.64. The van der Waals surface area contributed by atoms with E-state index < -0.39 is 117 Å². The zero-order valence-corrected chi connectivity index (χ0v) is 62.2. The van der Waals surface area contributed by atoms with Gasteiger partial charge in [-0.3, -0.25) is 52.7 Å². The average Bonchev–Trinajstić information content (AvgIpc) is 1.46. The smallest absolute Gasteiger partial charge is 0.312 e. The Kier molecular flexibility index (Phi) is 30.9. The first-order valence-corrected chi connectivity index (χ1v) is 37.5. The fourth-order valence-corrected chi connectivity index (χ4v) is 18.7. The summed E-state index contributed by atoms with van der Waals surface area (Å²) in [5.74, 6) is -4.32. The minimum atomic E-state index is -3.75. The van der Waals surface area contributed by atoms with Crippen molar-refractivity contribution >= 4 is 69.7 Å². The Hall–Kier alpha value is -5.43. The van der Waals surface area contributed by atoms with Gasteiger partial charge < -0.3 is 52.5 Å². The van der Waals surface area contributed by atoms with Gasteiger partial charge in [0, 0.05) is 103 Å². The maximum absolute atomic E-state index is 13.3. The van der Waals surface area contributed by atoms with E-state index in [0.29, 0.717) is 128 Å². The van der Waals surface area contributed by atoms with Crippen LogP contribution in [0.25, 0.3) is 0 Å². The number of nitrogens with one attached hydrogen (secondary N) is 1. The van der Waals surface area contributed by atoms with Gasteiger partial charge in [0.2, 0.25) is 15.9 Å². The highest BCUT2D eigenvalue weighted by atomic mass is 32.2. The zero-order chi connectivity index (χ0) is 73.1. The fourth-order valence-electron chi connectivity index (χ4n) is 18.2. The first-order valence-electron chi connectivity index (χ1n) is 35.6. The number of carbonyl (C=O) groups excluding carboxylic acids is 10. The first-order chi connectivity index (χ1) is 44.8. The molecule has 616 valence electrons. The molecule has 8 aliphatic heterocycles. The van der Waals surface area contributed by atoms with E-state index in [9.17, 15) is 61.5 Å². The lowest BCUT2D eigenvalue weighted by molar-refractivity contribution is -0.209. The van der Waals surface area contributed by atoms with Crippen LogP contribution >= 0.6 is 0 Å². The van der Waals surface area contributed by atoms with Gasteiger partial charge in [0.25, 0.3) is 0 Å². The van der Waals surface area contributed by atoms with Gasteiger partial charge in [-0.25, -0.2) is 8.42 Å². The van der Waals surface area contributed by atoms with Crippen molar-refractivity contribution in [2.24, 2.45) is 55.7 Å². The maximum Gasteiger partial charge on any atom is 0.312 e. The summed E-state index contributed by atoms with van der Waals surface area (Å²) in [6.07, 6.45) is 10.9. The molecule has 25 heteroatoms. The largest absolute Gasteiger partial charge is 0.462 e. The quantitative estimate of drug-likeness (QED) is 0.107. The molecular weight excluding hydrogens is 1390 g/mol. The third-order valence-corrected chi connectivity index (χ3v) is 24.8. The topological polar surface area (TPSA) is 329 Å². The Labute approximate surface area is 637 Å². The zero-order valence-electron chi connectivity index (χ0n) is 61.3. The number of methoxy groups -OCH3 is 1. The van der Waals surface area contributed by atoms with Crippen molar-refractivity contribution in [1.29, 1.82) is 0 Å². The molecular formula is C81H143NO23S. The Morgan fingerprint density at radius 2 is 0.764 bits per heavy atom. The van der Waals surface area contributed by atoms with E-state index in [2.05, 4.69) is 4.72 Å². The molecule has 16 unspecified atom stereocenters. The highest BCUT2D eigenvalue weighted by molar-refractivity contribution is 7.89. The van der Waals surface area contributed by atoms with E-state index >= 15 is 0 Å². The number of carbonyl (C=O) groups is 10. The SMILES string of the molecule is C.C.C.C.C.C.C.C.CCC(C)(C)C(=O)OC12CC3CC(C(=O)NS(C)(=O)=O)(CC(C1)C(=O)O3)C2.CCC(C)(C)C(=O)OC12CC3CC(C(=O)OC(C)(C)C)(C1)CC(C)(C2)C(=O)O3.CCC(C)(C)C(=O)OC12CC3CC(O)(CC(C1)C(=O)O3)C2.CCC(C)(C)C(=O)OC12CC3CC(OC)(CC(C1)C(=O)O3)C2. The van der Waals surface area contributed by atoms with Crippen LogP contribution in [0.1, 0.15) is 324 Å². The van der Waals surface area contributed by atoms with E-state index in [-0.39, 0.29) is 150 Å². The molecule has 8 heterocycles. The van der Waals surface area contributed by atoms with Crippen LogP contribution < -0.4 is 4.72 Å². The number of esters is 9. The molecule has 0 radical (unpaired) electrons. The van der Waals surface area contributed by atoms with E-state index in [4.69, 9.17) is 47.4 Å². The van der Waals surface area contributed by atoms with E-state index in [0.717, 1.165) is 12.7 Å². The monoisotopic (exact) mass is 1530 g/mol. The molecule has 0 spiro atoms. The van der Waals surface area contributed by atoms with Gasteiger partial charge in [0.1, 0.15) is 52.4 Å². The molecule has 1 amide bonds. The second-order valence-electron chi connectivity index (χ2n) is 35.9. The molecule has 106 heavy (non-hydrogen) atoms. The molecule has 24 nitrogen and oxygen atoms in total. The van der Waals surface area contributed by atoms with Crippen LogP contribution in [0.15, 0.2) is 0 Å². The van der Waals surface area contributed by atoms with Gasteiger partial charge in [0.15, 0.2) is 0 Å². The van der Waals surface area contributed by atoms with E-state index in [1.165, 1.54) is 0 Å². The number of fused-ring (bicyclic) bond motifs is 4. The molecule has 16 bridgehead atoms. The minimum Gasteiger partial charge on any atom is -0.462 e. The van der Waals surface area contributed by atoms with Crippen molar-refractivity contribution in [3.05, 3.63) is 0 Å². The molecule has 8 saturated heterocycles. The van der Waals surface area contributed by atoms with Crippen LogP contribution in [0, 0.1) is 55.7 Å². The van der Waals surface area contributed by atoms with Gasteiger partial charge in [0.05, 0.1) is 73.1 Å². The molecule has 16 fully saturated rings. The number of amides is 1. The number of aliphatic hydroxyl groups is 1. The number of hydrogen-bond acceptors (Lipinski definition) is 23. The van der Waals surface area contributed by atoms with Crippen LogP contribution in [0.5, 0.6) is 0 Å². The van der Waals surface area contributed by atoms with Crippen molar-refractivity contribution in [2.75, 3.05) is 13.4 Å². The first kappa shape index (κ1) is 98.6. The number of ether oxygens (including phenoxy) is 10. The summed E-state index contributed by atoms with van der Waals surface area (Å²) < 4.78 is 82.9. The Morgan fingerprint density at radius 3 is 1.18 bits per heavy atom. The number of hydrogen-bond donors (Lipinski definition) is 2. The molecule has 2 N–H and O–H groups in total. The van der Waals surface area contributed by atoms with Gasteiger partial charge in [-0.1, -0.05) is 87.1 Å². The van der Waals surface area contributed by atoms with Crippen LogP contribution in [0.4, 0.5) is 0 Å². The average molecular weight is 1530 g/mol. The molecule has 0 aromatic heterocycles. The third kappa shape index (κ3) is 20.2. The summed E-state index contributed by atoms with van der Waals surface area (Å²) in [6, 6.07) is 0. The van der Waals surface area contributed by atoms with Crippen LogP contribution in [-0.2, 0) is 105 Å². The van der Waals surface area contributed by atoms with Gasteiger partial charge in [-0.2, -0.15) is 0 Å². The van der Waals surface area contributed by atoms with Crippen molar-refractivity contribution in [3.63, 3.8) is 0 Å². The maximum atomic E-state index is 13.3. The lowest BCUT2D eigenvalue weighted by Gasteiger charge is -2.54. The second-order valence-corrected chi connectivity index (χ2v) is 37.6. The predicted octanol–water partition coefficient (Wildman–Crippen LogP) is 14.9. The summed E-state index contributed by atoms with van der Waals surface area (Å²) in [4.78, 5) is 126. The van der Waals surface area contributed by atoms with E-state index in [1.54, 1.807) is 21.0 Å². The lowest BCUT2D eigenvalue weighted by atomic mass is 9.52. The van der Waals surface area contributed by atoms with Crippen LogP contribution in [0.2, 0.25) is 0 Å². The van der Waals surface area contributed by atoms with Gasteiger partial charge in [-0.15, -0.1) is 0 Å². The van der Waals surface area contributed by atoms with E-state index in [1.807, 2.05) is 96.9 Å². The minimum absolute atomic E-state index is 0. The van der Waals surface area contributed by atoms with Crippen molar-refractivity contribution in [3.8, 4) is 0 Å². The molecule has 16 atom stereocenters. The highest BCUT2D eigenvalue weighted by Gasteiger charge is 2.70. The summed E-state index contributed by atoms with van der Waals surface area (Å²) in [7, 11) is -2.06. The molecule has 0 aromatic rings. The molecule has 8 saturated carbocycles. The normalized spacial score (nSPS) is 35.4. The summed E-state index contributed by atoms with van der Waals surface area (Å²) >= 11 is 0. The fraction of sp³-hybridized carbons (Fsp3) is 0.877.